The average Bonchev–Trinajstić information content (AvgIpc) is 2.96. The second-order valence-electron chi connectivity index (χ2n) is 4.68. The van der Waals surface area contributed by atoms with Crippen LogP contribution < -0.4 is 0 Å². The highest BCUT2D eigenvalue weighted by molar-refractivity contribution is 6.16. The third-order valence-corrected chi connectivity index (χ3v) is 3.35. The molecule has 0 aliphatic rings. The number of rotatable bonds is 2. The van der Waals surface area contributed by atoms with Crippen LogP contribution in [0.5, 0.6) is 0 Å². The zero-order valence-corrected chi connectivity index (χ0v) is 11.0. The summed E-state index contributed by atoms with van der Waals surface area (Å²) in [6.45, 7) is 1.46. The first kappa shape index (κ1) is 12.4. The Kier molecular flexibility index (Phi) is 2.95. The molecular weight excluding hydrogens is 250 g/mol. The number of hydrogen-bond acceptors (Lipinski definition) is 2. The maximum absolute atomic E-state index is 12.6. The van der Waals surface area contributed by atoms with Crippen LogP contribution in [0, 0.1) is 0 Å². The first-order chi connectivity index (χ1) is 9.66. The molecule has 0 atom stereocenters. The normalized spacial score (nSPS) is 10.7. The second kappa shape index (κ2) is 4.78. The predicted octanol–water partition coefficient (Wildman–Crippen LogP) is 3.53. The van der Waals surface area contributed by atoms with Gasteiger partial charge in [-0.15, -0.1) is 0 Å². The summed E-state index contributed by atoms with van der Waals surface area (Å²) in [5.74, 6) is -0.177. The molecule has 0 fully saturated rings. The van der Waals surface area contributed by atoms with Gasteiger partial charge >= 0.3 is 0 Å². The van der Waals surface area contributed by atoms with Gasteiger partial charge in [0.1, 0.15) is 0 Å². The van der Waals surface area contributed by atoms with Crippen molar-refractivity contribution in [1.29, 1.82) is 0 Å². The van der Waals surface area contributed by atoms with Crippen LogP contribution in [-0.2, 0) is 0 Å². The largest absolute Gasteiger partial charge is 0.294 e. The topological polar surface area (TPSA) is 39.1 Å². The average molecular weight is 263 g/mol. The van der Waals surface area contributed by atoms with Gasteiger partial charge in [-0.25, -0.2) is 0 Å². The van der Waals surface area contributed by atoms with Gasteiger partial charge in [-0.1, -0.05) is 42.5 Å². The minimum Gasteiger partial charge on any atom is -0.294 e. The number of carbonyl (C=O) groups excluding carboxylic acids is 2. The van der Waals surface area contributed by atoms with Crippen LogP contribution in [0.1, 0.15) is 27.6 Å². The molecule has 3 aromatic rings. The van der Waals surface area contributed by atoms with Crippen LogP contribution in [0.2, 0.25) is 0 Å². The molecule has 0 saturated heterocycles. The Balaban J connectivity index is 2.10. The lowest BCUT2D eigenvalue weighted by molar-refractivity contribution is 0.0937. The van der Waals surface area contributed by atoms with Gasteiger partial charge in [-0.05, 0) is 16.8 Å². The Morgan fingerprint density at radius 2 is 1.70 bits per heavy atom. The summed E-state index contributed by atoms with van der Waals surface area (Å²) in [5, 5.41) is 1.96. The lowest BCUT2D eigenvalue weighted by atomic mass is 9.99. The summed E-state index contributed by atoms with van der Waals surface area (Å²) in [6, 6.07) is 15.1. The van der Waals surface area contributed by atoms with Gasteiger partial charge < -0.3 is 0 Å². The summed E-state index contributed by atoms with van der Waals surface area (Å²) >= 11 is 0. The number of ketones is 1. The van der Waals surface area contributed by atoms with E-state index in [1.807, 2.05) is 42.5 Å². The van der Waals surface area contributed by atoms with Gasteiger partial charge in [-0.2, -0.15) is 0 Å². The molecule has 0 unspecified atom stereocenters. The molecule has 0 amide bonds. The van der Waals surface area contributed by atoms with E-state index in [2.05, 4.69) is 0 Å². The van der Waals surface area contributed by atoms with E-state index in [9.17, 15) is 9.59 Å². The Labute approximate surface area is 116 Å². The van der Waals surface area contributed by atoms with Crippen molar-refractivity contribution in [1.82, 2.24) is 4.57 Å². The maximum Gasteiger partial charge on any atom is 0.227 e. The molecule has 0 aliphatic heterocycles. The second-order valence-corrected chi connectivity index (χ2v) is 4.68. The van der Waals surface area contributed by atoms with Crippen molar-refractivity contribution in [2.75, 3.05) is 0 Å². The fourth-order valence-corrected chi connectivity index (χ4v) is 2.31. The molecule has 0 N–H and O–H groups in total. The molecule has 0 aliphatic carbocycles. The van der Waals surface area contributed by atoms with Crippen LogP contribution in [0.15, 0.2) is 60.9 Å². The molecule has 0 spiro atoms. The highest BCUT2D eigenvalue weighted by atomic mass is 16.1. The number of aromatic nitrogens is 1. The lowest BCUT2D eigenvalue weighted by Gasteiger charge is -2.04. The molecule has 0 radical (unpaired) electrons. The van der Waals surface area contributed by atoms with E-state index in [4.69, 9.17) is 0 Å². The first-order valence-corrected chi connectivity index (χ1v) is 6.38. The third kappa shape index (κ3) is 2.03. The zero-order chi connectivity index (χ0) is 14.1. The molecule has 0 bridgehead atoms. The minimum atomic E-state index is -0.109. The lowest BCUT2D eigenvalue weighted by Crippen LogP contribution is -2.04. The third-order valence-electron chi connectivity index (χ3n) is 3.35. The Hall–Kier alpha value is -2.68. The van der Waals surface area contributed by atoms with Crippen molar-refractivity contribution in [2.45, 2.75) is 6.92 Å². The van der Waals surface area contributed by atoms with E-state index in [-0.39, 0.29) is 11.7 Å². The van der Waals surface area contributed by atoms with Gasteiger partial charge in [0, 0.05) is 30.4 Å². The van der Waals surface area contributed by atoms with Crippen molar-refractivity contribution >= 4 is 22.5 Å². The van der Waals surface area contributed by atoms with Gasteiger partial charge in [0.05, 0.1) is 0 Å². The molecular formula is C17H13NO2. The van der Waals surface area contributed by atoms with E-state index < -0.39 is 0 Å². The Morgan fingerprint density at radius 1 is 0.950 bits per heavy atom. The summed E-state index contributed by atoms with van der Waals surface area (Å²) < 4.78 is 1.42. The number of fused-ring (bicyclic) bond motifs is 1. The molecule has 98 valence electrons. The summed E-state index contributed by atoms with van der Waals surface area (Å²) in [5.41, 5.74) is 1.18. The predicted molar refractivity (Wildman–Crippen MR) is 78.1 cm³/mol. The van der Waals surface area contributed by atoms with E-state index >= 15 is 0 Å². The van der Waals surface area contributed by atoms with Crippen molar-refractivity contribution in [3.63, 3.8) is 0 Å². The van der Waals surface area contributed by atoms with Gasteiger partial charge in [0.25, 0.3) is 0 Å². The van der Waals surface area contributed by atoms with Gasteiger partial charge in [0.2, 0.25) is 5.91 Å². The fourth-order valence-electron chi connectivity index (χ4n) is 2.31. The van der Waals surface area contributed by atoms with Crippen LogP contribution >= 0.6 is 0 Å². The monoisotopic (exact) mass is 263 g/mol. The standard InChI is InChI=1S/C17H13NO2/c1-12(19)18-10-9-14(11-18)17(20)16-8-4-6-13-5-2-3-7-15(13)16/h2-11H,1H3. The van der Waals surface area contributed by atoms with Crippen molar-refractivity contribution in [2.24, 2.45) is 0 Å². The molecule has 3 rings (SSSR count). The molecule has 3 nitrogen and oxygen atoms in total. The van der Waals surface area contributed by atoms with E-state index in [0.717, 1.165) is 10.8 Å². The SMILES string of the molecule is CC(=O)n1ccc(C(=O)c2cccc3ccccc23)c1. The summed E-state index contributed by atoms with van der Waals surface area (Å²) in [6.07, 6.45) is 3.19. The van der Waals surface area contributed by atoms with Crippen LogP contribution in [0.4, 0.5) is 0 Å². The molecule has 1 aromatic heterocycles. The first-order valence-electron chi connectivity index (χ1n) is 6.38. The molecule has 20 heavy (non-hydrogen) atoms. The smallest absolute Gasteiger partial charge is 0.227 e. The zero-order valence-electron chi connectivity index (χ0n) is 11.0. The maximum atomic E-state index is 12.6. The fraction of sp³-hybridized carbons (Fsp3) is 0.0588. The van der Waals surface area contributed by atoms with Crippen LogP contribution in [0.3, 0.4) is 0 Å². The van der Waals surface area contributed by atoms with Crippen LogP contribution in [-0.4, -0.2) is 16.3 Å². The van der Waals surface area contributed by atoms with E-state index in [1.54, 1.807) is 18.5 Å². The van der Waals surface area contributed by atoms with Gasteiger partial charge in [0.15, 0.2) is 5.78 Å². The van der Waals surface area contributed by atoms with E-state index in [1.165, 1.54) is 11.5 Å². The molecule has 2 aromatic carbocycles. The Bertz CT molecular complexity index is 809. The van der Waals surface area contributed by atoms with Crippen molar-refractivity contribution in [3.8, 4) is 0 Å². The van der Waals surface area contributed by atoms with Crippen molar-refractivity contribution in [3.05, 3.63) is 72.1 Å². The molecule has 3 heteroatoms. The molecule has 1 heterocycles. The number of carbonyl (C=O) groups is 2. The quantitative estimate of drug-likeness (QED) is 0.663. The van der Waals surface area contributed by atoms with E-state index in [0.29, 0.717) is 11.1 Å². The number of nitrogens with zero attached hydrogens (tertiary/aromatic N) is 1. The number of hydrogen-bond donors (Lipinski definition) is 0. The number of benzene rings is 2. The molecule has 0 saturated carbocycles. The summed E-state index contributed by atoms with van der Waals surface area (Å²) in [4.78, 5) is 23.9. The highest BCUT2D eigenvalue weighted by Crippen LogP contribution is 2.21. The summed E-state index contributed by atoms with van der Waals surface area (Å²) in [7, 11) is 0. The van der Waals surface area contributed by atoms with Crippen LogP contribution in [0.25, 0.3) is 10.8 Å². The highest BCUT2D eigenvalue weighted by Gasteiger charge is 2.14. The Morgan fingerprint density at radius 3 is 2.45 bits per heavy atom. The minimum absolute atomic E-state index is 0.0678. The van der Waals surface area contributed by atoms with Crippen molar-refractivity contribution < 1.29 is 9.59 Å². The van der Waals surface area contributed by atoms with Gasteiger partial charge in [-0.3, -0.25) is 14.2 Å².